The van der Waals surface area contributed by atoms with Gasteiger partial charge in [-0.1, -0.05) is 40.0 Å². The third kappa shape index (κ3) is 9.32. The number of nitrogens with zero attached hydrogens (tertiary/aromatic N) is 2. The summed E-state index contributed by atoms with van der Waals surface area (Å²) >= 11 is 1.60. The Labute approximate surface area is 297 Å². The molecular formula is C45H56N2Ni. The molecule has 0 radical (unpaired) electrons. The molecule has 5 rings (SSSR count). The zero-order valence-corrected chi connectivity index (χ0v) is 31.6. The summed E-state index contributed by atoms with van der Waals surface area (Å²) in [6, 6.07) is 30.1. The molecule has 0 unspecified atom stereocenters. The van der Waals surface area contributed by atoms with Crippen molar-refractivity contribution in [1.29, 1.82) is 0 Å². The number of aryl methyl sites for hydroxylation is 4. The van der Waals surface area contributed by atoms with Crippen LogP contribution in [0.2, 0.25) is 0 Å². The van der Waals surface area contributed by atoms with Crippen LogP contribution in [0.4, 0.5) is 0 Å². The van der Waals surface area contributed by atoms with Crippen molar-refractivity contribution in [2.24, 2.45) is 0 Å². The molecule has 4 aromatic rings. The summed E-state index contributed by atoms with van der Waals surface area (Å²) in [7, 11) is 0. The number of hydrogen-bond acceptors (Lipinski definition) is 0. The number of unbranched alkanes of at least 4 members (excludes halogenated alkanes) is 3. The van der Waals surface area contributed by atoms with Crippen molar-refractivity contribution in [3.63, 3.8) is 0 Å². The van der Waals surface area contributed by atoms with Crippen LogP contribution in [0, 0.1) is 20.8 Å². The Morgan fingerprint density at radius 3 is 1.35 bits per heavy atom. The molecule has 0 saturated carbocycles. The number of rotatable bonds is 13. The van der Waals surface area contributed by atoms with E-state index in [4.69, 9.17) is 0 Å². The van der Waals surface area contributed by atoms with E-state index in [1.807, 2.05) is 12.1 Å². The van der Waals surface area contributed by atoms with Crippen LogP contribution in [-0.2, 0) is 33.7 Å². The monoisotopic (exact) mass is 682 g/mol. The maximum atomic E-state index is 11.6. The van der Waals surface area contributed by atoms with Crippen LogP contribution < -0.4 is 9.07 Å². The van der Waals surface area contributed by atoms with E-state index in [0.717, 1.165) is 40.9 Å². The van der Waals surface area contributed by atoms with Crippen molar-refractivity contribution in [2.45, 2.75) is 113 Å². The predicted octanol–water partition coefficient (Wildman–Crippen LogP) is 11.6. The molecule has 0 spiro atoms. The molecule has 0 bridgehead atoms. The fourth-order valence-corrected chi connectivity index (χ4v) is 7.48. The Morgan fingerprint density at radius 2 is 0.938 bits per heavy atom. The standard InChI is InChI=1S/C33H46N2.2C6H5.Ni/c1-9-12-15-27-20-30(21-28(16-13-10-2)31(27)17-14-11-3)33-26(8)25(7)32(35(33)34)29-18-22(4)24(6)23(5)19-29;2*1-2-4-6-5-3-1;/h18-21H,9-17H2,1-8H3;2*1-5H;. The van der Waals surface area contributed by atoms with Gasteiger partial charge in [-0.2, -0.15) is 0 Å². The van der Waals surface area contributed by atoms with Crippen molar-refractivity contribution < 1.29 is 19.1 Å². The fourth-order valence-electron chi connectivity index (χ4n) is 6.44. The van der Waals surface area contributed by atoms with Gasteiger partial charge in [0.2, 0.25) is 11.4 Å². The van der Waals surface area contributed by atoms with E-state index in [9.17, 15) is 5.53 Å². The average molecular weight is 684 g/mol. The molecule has 256 valence electrons. The molecule has 1 aliphatic heterocycles. The van der Waals surface area contributed by atoms with Crippen molar-refractivity contribution in [1.82, 2.24) is 0 Å². The summed E-state index contributed by atoms with van der Waals surface area (Å²) in [6.07, 6.45) is 10.7. The topological polar surface area (TPSA) is 25.3 Å². The molecular weight excluding hydrogens is 627 g/mol. The van der Waals surface area contributed by atoms with Gasteiger partial charge in [-0.15, -0.1) is 0 Å². The van der Waals surface area contributed by atoms with Gasteiger partial charge in [0, 0.05) is 22.3 Å². The van der Waals surface area contributed by atoms with Gasteiger partial charge < -0.3 is 5.53 Å². The Hall–Kier alpha value is -3.55. The van der Waals surface area contributed by atoms with Gasteiger partial charge in [-0.05, 0) is 131 Å². The molecule has 1 heterocycles. The van der Waals surface area contributed by atoms with Crippen molar-refractivity contribution >= 4 is 20.5 Å². The molecule has 2 nitrogen and oxygen atoms in total. The van der Waals surface area contributed by atoms with Crippen molar-refractivity contribution in [3.05, 3.63) is 146 Å². The Balaban J connectivity index is 0.000000331. The molecule has 1 aliphatic rings. The van der Waals surface area contributed by atoms with E-state index >= 15 is 0 Å². The van der Waals surface area contributed by atoms with E-state index in [-0.39, 0.29) is 0 Å². The molecule has 0 amide bonds. The predicted molar refractivity (Wildman–Crippen MR) is 204 cm³/mol. The maximum absolute atomic E-state index is 11.6. The molecule has 0 saturated heterocycles. The quantitative estimate of drug-likeness (QED) is 0.0990. The molecule has 0 aliphatic carbocycles. The molecule has 3 heteroatoms. The van der Waals surface area contributed by atoms with Gasteiger partial charge in [-0.25, -0.2) is 4.70 Å². The summed E-state index contributed by atoms with van der Waals surface area (Å²) in [5.41, 5.74) is 26.5. The Morgan fingerprint density at radius 1 is 0.542 bits per heavy atom. The first-order valence-electron chi connectivity index (χ1n) is 18.0. The fraction of sp³-hybridized carbons (Fsp3) is 0.378. The normalized spacial score (nSPS) is 13.0. The first-order chi connectivity index (χ1) is 23.2. The van der Waals surface area contributed by atoms with Crippen molar-refractivity contribution in [2.75, 3.05) is 0 Å². The molecule has 0 atom stereocenters. The second kappa shape index (κ2) is 18.3. The summed E-state index contributed by atoms with van der Waals surface area (Å²) < 4.78 is 4.09. The zero-order chi connectivity index (χ0) is 34.6. The van der Waals surface area contributed by atoms with E-state index in [0.29, 0.717) is 0 Å². The van der Waals surface area contributed by atoms with Gasteiger partial charge in [-0.3, -0.25) is 0 Å². The zero-order valence-electron chi connectivity index (χ0n) is 30.7. The van der Waals surface area contributed by atoms with Crippen LogP contribution >= 0.6 is 0 Å². The van der Waals surface area contributed by atoms with Crippen LogP contribution in [-0.4, -0.2) is 4.70 Å². The number of allylic oxidation sites excluding steroid dienone is 2. The second-order valence-electron chi connectivity index (χ2n) is 13.2. The minimum atomic E-state index is 0.920. The van der Waals surface area contributed by atoms with E-state index in [1.165, 1.54) is 92.1 Å². The van der Waals surface area contributed by atoms with E-state index < -0.39 is 0 Å². The summed E-state index contributed by atoms with van der Waals surface area (Å²) in [5.74, 6) is 0. The molecule has 48 heavy (non-hydrogen) atoms. The SMILES string of the molecule is CCCCc1cc(C2=C(C)C(C)=C(c3cc(C)c(C)c(C)c3)[N+]2=[N-])cc(CCCC)c1CCCC.c1cc[c]([Ni][c]2ccccc2)cc1. The van der Waals surface area contributed by atoms with Crippen LogP contribution in [0.5, 0.6) is 0 Å². The van der Waals surface area contributed by atoms with Crippen molar-refractivity contribution in [3.8, 4) is 0 Å². The molecule has 0 N–H and O–H groups in total. The van der Waals surface area contributed by atoms with Gasteiger partial charge in [0.1, 0.15) is 0 Å². The second-order valence-corrected chi connectivity index (χ2v) is 14.6. The van der Waals surface area contributed by atoms with Crippen LogP contribution in [0.25, 0.3) is 16.9 Å². The molecule has 0 aromatic heterocycles. The Bertz CT molecular complexity index is 1660. The molecule has 4 aromatic carbocycles. The summed E-state index contributed by atoms with van der Waals surface area (Å²) in [4.78, 5) is 0. The number of benzene rings is 4. The Kier molecular flexibility index (Phi) is 14.2. The number of hydrogen-bond donors (Lipinski definition) is 0. The van der Waals surface area contributed by atoms with Gasteiger partial charge in [0.05, 0.1) is 0 Å². The third-order valence-corrected chi connectivity index (χ3v) is 10.8. The first-order valence-corrected chi connectivity index (χ1v) is 19.0. The average Bonchev–Trinajstić information content (AvgIpc) is 3.32. The summed E-state index contributed by atoms with van der Waals surface area (Å²) in [5, 5.41) is 0. The van der Waals surface area contributed by atoms with Crippen LogP contribution in [0.1, 0.15) is 118 Å². The van der Waals surface area contributed by atoms with E-state index in [2.05, 4.69) is 128 Å². The van der Waals surface area contributed by atoms with Gasteiger partial charge >= 0.3 is 84.2 Å². The van der Waals surface area contributed by atoms with Gasteiger partial charge in [0.25, 0.3) is 0 Å². The summed E-state index contributed by atoms with van der Waals surface area (Å²) in [6.45, 7) is 17.6. The van der Waals surface area contributed by atoms with Crippen LogP contribution in [0.15, 0.2) is 96.1 Å². The minimum absolute atomic E-state index is 0.920. The molecule has 0 fully saturated rings. The van der Waals surface area contributed by atoms with Crippen LogP contribution in [0.3, 0.4) is 0 Å². The van der Waals surface area contributed by atoms with Gasteiger partial charge in [0.15, 0.2) is 0 Å². The van der Waals surface area contributed by atoms with E-state index in [1.54, 1.807) is 20.0 Å². The first kappa shape index (κ1) is 37.3. The third-order valence-electron chi connectivity index (χ3n) is 9.59.